The van der Waals surface area contributed by atoms with E-state index in [1.54, 1.807) is 6.92 Å². The Morgan fingerprint density at radius 1 is 1.05 bits per heavy atom. The van der Waals surface area contributed by atoms with Gasteiger partial charge in [-0.15, -0.1) is 0 Å². The van der Waals surface area contributed by atoms with Crippen molar-refractivity contribution in [1.29, 1.82) is 0 Å². The van der Waals surface area contributed by atoms with E-state index in [9.17, 15) is 9.59 Å². The van der Waals surface area contributed by atoms with Crippen LogP contribution in [0.4, 0.5) is 0 Å². The molecule has 1 aromatic rings. The quantitative estimate of drug-likeness (QED) is 0.369. The number of rotatable bonds is 10. The van der Waals surface area contributed by atoms with Gasteiger partial charge >= 0.3 is 5.97 Å². The van der Waals surface area contributed by atoms with E-state index < -0.39 is 0 Å². The summed E-state index contributed by atoms with van der Waals surface area (Å²) in [6.07, 6.45) is 8.41. The molecule has 0 N–H and O–H groups in total. The number of aldehydes is 1. The van der Waals surface area contributed by atoms with Gasteiger partial charge in [-0.05, 0) is 43.9 Å². The molecule has 0 amide bonds. The minimum atomic E-state index is -0.255. The van der Waals surface area contributed by atoms with E-state index in [1.807, 2.05) is 24.3 Å². The average Bonchev–Trinajstić information content (AvgIpc) is 2.47. The van der Waals surface area contributed by atoms with Gasteiger partial charge in [-0.3, -0.25) is 0 Å². The Balaban J connectivity index is 2.21. The van der Waals surface area contributed by atoms with Gasteiger partial charge in [0, 0.05) is 6.42 Å². The molecule has 0 aromatic heterocycles. The Morgan fingerprint density at radius 3 is 2.35 bits per heavy atom. The lowest BCUT2D eigenvalue weighted by molar-refractivity contribution is -0.107. The Morgan fingerprint density at radius 2 is 1.70 bits per heavy atom. The molecule has 3 heteroatoms. The summed E-state index contributed by atoms with van der Waals surface area (Å²) in [5.74, 6) is -0.255. The molecule has 0 saturated carbocycles. The summed E-state index contributed by atoms with van der Waals surface area (Å²) in [6, 6.07) is 7.66. The Labute approximate surface area is 121 Å². The number of benzene rings is 1. The summed E-state index contributed by atoms with van der Waals surface area (Å²) < 4.78 is 4.95. The second-order valence-corrected chi connectivity index (χ2v) is 4.89. The fourth-order valence-electron chi connectivity index (χ4n) is 2.11. The maximum atomic E-state index is 11.5. The summed E-state index contributed by atoms with van der Waals surface area (Å²) in [6.45, 7) is 2.21. The summed E-state index contributed by atoms with van der Waals surface area (Å²) in [5.41, 5.74) is 1.87. The van der Waals surface area contributed by atoms with Gasteiger partial charge in [0.25, 0.3) is 0 Å². The van der Waals surface area contributed by atoms with E-state index >= 15 is 0 Å². The molecule has 3 nitrogen and oxygen atoms in total. The molecule has 0 saturated heterocycles. The van der Waals surface area contributed by atoms with Gasteiger partial charge in [0.05, 0.1) is 12.2 Å². The van der Waals surface area contributed by atoms with Crippen LogP contribution in [-0.4, -0.2) is 18.9 Å². The van der Waals surface area contributed by atoms with Crippen LogP contribution in [0.2, 0.25) is 0 Å². The fourth-order valence-corrected chi connectivity index (χ4v) is 2.11. The van der Waals surface area contributed by atoms with Gasteiger partial charge in [0.1, 0.15) is 6.29 Å². The van der Waals surface area contributed by atoms with Crippen LogP contribution >= 0.6 is 0 Å². The van der Waals surface area contributed by atoms with Gasteiger partial charge in [-0.25, -0.2) is 4.79 Å². The lowest BCUT2D eigenvalue weighted by Crippen LogP contribution is -2.04. The zero-order valence-electron chi connectivity index (χ0n) is 12.3. The molecule has 0 heterocycles. The van der Waals surface area contributed by atoms with Gasteiger partial charge < -0.3 is 9.53 Å². The highest BCUT2D eigenvalue weighted by Gasteiger charge is 2.05. The lowest BCUT2D eigenvalue weighted by atomic mass is 10.0. The van der Waals surface area contributed by atoms with E-state index in [1.165, 1.54) is 18.4 Å². The molecule has 0 aliphatic rings. The third kappa shape index (κ3) is 6.50. The molecule has 0 fully saturated rings. The maximum Gasteiger partial charge on any atom is 0.338 e. The van der Waals surface area contributed by atoms with Gasteiger partial charge in [0.2, 0.25) is 0 Å². The van der Waals surface area contributed by atoms with Crippen LogP contribution in [0.5, 0.6) is 0 Å². The van der Waals surface area contributed by atoms with E-state index in [0.29, 0.717) is 18.6 Å². The van der Waals surface area contributed by atoms with Crippen molar-refractivity contribution in [2.75, 3.05) is 6.61 Å². The van der Waals surface area contributed by atoms with Crippen molar-refractivity contribution >= 4 is 12.3 Å². The largest absolute Gasteiger partial charge is 0.462 e. The third-order valence-corrected chi connectivity index (χ3v) is 3.25. The number of hydrogen-bond donors (Lipinski definition) is 0. The van der Waals surface area contributed by atoms with E-state index in [2.05, 4.69) is 0 Å². The number of carbonyl (C=O) groups excluding carboxylic acids is 2. The van der Waals surface area contributed by atoms with Crippen molar-refractivity contribution in [3.8, 4) is 0 Å². The smallest absolute Gasteiger partial charge is 0.338 e. The van der Waals surface area contributed by atoms with Crippen molar-refractivity contribution in [1.82, 2.24) is 0 Å². The van der Waals surface area contributed by atoms with Crippen LogP contribution in [-0.2, 0) is 16.0 Å². The second kappa shape index (κ2) is 10.2. The molecule has 0 unspecified atom stereocenters. The summed E-state index contributed by atoms with van der Waals surface area (Å²) in [4.78, 5) is 21.7. The maximum absolute atomic E-state index is 11.5. The van der Waals surface area contributed by atoms with E-state index in [-0.39, 0.29) is 5.97 Å². The molecule has 0 atom stereocenters. The van der Waals surface area contributed by atoms with E-state index in [4.69, 9.17) is 4.74 Å². The monoisotopic (exact) mass is 276 g/mol. The number of unbranched alkanes of at least 4 members (excludes halogenated alkanes) is 5. The standard InChI is InChI=1S/C17H24O3/c1-2-20-17(19)16-12-10-15(11-13-16)9-7-5-3-4-6-8-14-18/h10-14H,2-9H2,1H3. The van der Waals surface area contributed by atoms with Gasteiger partial charge in [-0.2, -0.15) is 0 Å². The third-order valence-electron chi connectivity index (χ3n) is 3.25. The van der Waals surface area contributed by atoms with Crippen molar-refractivity contribution < 1.29 is 14.3 Å². The van der Waals surface area contributed by atoms with Crippen LogP contribution in [0.3, 0.4) is 0 Å². The fraction of sp³-hybridized carbons (Fsp3) is 0.529. The van der Waals surface area contributed by atoms with Crippen LogP contribution < -0.4 is 0 Å². The second-order valence-electron chi connectivity index (χ2n) is 4.89. The Kier molecular flexibility index (Phi) is 8.36. The van der Waals surface area contributed by atoms with Crippen LogP contribution in [0.15, 0.2) is 24.3 Å². The van der Waals surface area contributed by atoms with Gasteiger partial charge in [0.15, 0.2) is 0 Å². The highest BCUT2D eigenvalue weighted by atomic mass is 16.5. The molecular formula is C17H24O3. The van der Waals surface area contributed by atoms with Crippen LogP contribution in [0.25, 0.3) is 0 Å². The predicted octanol–water partition coefficient (Wildman–Crippen LogP) is 3.95. The van der Waals surface area contributed by atoms with E-state index in [0.717, 1.165) is 32.0 Å². The van der Waals surface area contributed by atoms with Gasteiger partial charge in [-0.1, -0.05) is 31.4 Å². The normalized spacial score (nSPS) is 10.2. The van der Waals surface area contributed by atoms with Crippen molar-refractivity contribution in [2.24, 2.45) is 0 Å². The molecule has 1 rings (SSSR count). The summed E-state index contributed by atoms with van der Waals surface area (Å²) >= 11 is 0. The minimum absolute atomic E-state index is 0.255. The van der Waals surface area contributed by atoms with Crippen LogP contribution in [0, 0.1) is 0 Å². The summed E-state index contributed by atoms with van der Waals surface area (Å²) in [5, 5.41) is 0. The molecule has 0 bridgehead atoms. The number of ether oxygens (including phenoxy) is 1. The number of carbonyl (C=O) groups is 2. The first-order valence-corrected chi connectivity index (χ1v) is 7.47. The lowest BCUT2D eigenvalue weighted by Gasteiger charge is -2.04. The first kappa shape index (κ1) is 16.4. The van der Waals surface area contributed by atoms with Crippen LogP contribution in [0.1, 0.15) is 61.4 Å². The zero-order valence-corrected chi connectivity index (χ0v) is 12.3. The molecule has 0 aliphatic heterocycles. The predicted molar refractivity (Wildman–Crippen MR) is 79.9 cm³/mol. The highest BCUT2D eigenvalue weighted by Crippen LogP contribution is 2.11. The zero-order chi connectivity index (χ0) is 14.6. The molecule has 0 radical (unpaired) electrons. The first-order valence-electron chi connectivity index (χ1n) is 7.47. The highest BCUT2D eigenvalue weighted by molar-refractivity contribution is 5.89. The molecule has 1 aromatic carbocycles. The average molecular weight is 276 g/mol. The topological polar surface area (TPSA) is 43.4 Å². The number of aryl methyl sites for hydroxylation is 1. The molecule has 110 valence electrons. The molecule has 20 heavy (non-hydrogen) atoms. The Bertz CT molecular complexity index is 395. The SMILES string of the molecule is CCOC(=O)c1ccc(CCCCCCCC=O)cc1. The summed E-state index contributed by atoms with van der Waals surface area (Å²) in [7, 11) is 0. The van der Waals surface area contributed by atoms with Crippen molar-refractivity contribution in [2.45, 2.75) is 51.9 Å². The number of hydrogen-bond acceptors (Lipinski definition) is 3. The molecule has 0 spiro atoms. The molecule has 0 aliphatic carbocycles. The first-order chi connectivity index (χ1) is 9.77. The minimum Gasteiger partial charge on any atom is -0.462 e. The molecular weight excluding hydrogens is 252 g/mol. The van der Waals surface area contributed by atoms with Crippen molar-refractivity contribution in [3.63, 3.8) is 0 Å². The Hall–Kier alpha value is -1.64. The van der Waals surface area contributed by atoms with Crippen molar-refractivity contribution in [3.05, 3.63) is 35.4 Å². The number of esters is 1.